The normalized spacial score (nSPS) is 13.5. The minimum atomic E-state index is -0.296. The number of carbonyl (C=O) groups excluding carboxylic acids is 1. The van der Waals surface area contributed by atoms with E-state index in [4.69, 9.17) is 4.74 Å². The molecule has 1 heterocycles. The summed E-state index contributed by atoms with van der Waals surface area (Å²) in [4.78, 5) is 14.9. The molecule has 1 rings (SSSR count). The standard InChI is InChI=1S/C14H23NO2S/c1-8-10(12(18-7)14(3,4)5)9(2)15-11(8)13(16)17-6/h12,15H,1-7H3/t12-/m0/s1. The molecule has 0 aliphatic heterocycles. The van der Waals surface area contributed by atoms with E-state index >= 15 is 0 Å². The van der Waals surface area contributed by atoms with Gasteiger partial charge in [0.15, 0.2) is 0 Å². The maximum atomic E-state index is 11.7. The van der Waals surface area contributed by atoms with Crippen LogP contribution >= 0.6 is 11.8 Å². The molecule has 0 aliphatic carbocycles. The van der Waals surface area contributed by atoms with Gasteiger partial charge >= 0.3 is 5.97 Å². The average molecular weight is 269 g/mol. The summed E-state index contributed by atoms with van der Waals surface area (Å²) in [5.74, 6) is -0.296. The predicted molar refractivity (Wildman–Crippen MR) is 77.3 cm³/mol. The third-order valence-corrected chi connectivity index (χ3v) is 4.58. The van der Waals surface area contributed by atoms with Crippen LogP contribution in [-0.4, -0.2) is 24.3 Å². The van der Waals surface area contributed by atoms with Gasteiger partial charge in [0.1, 0.15) is 5.69 Å². The van der Waals surface area contributed by atoms with Crippen LogP contribution in [0.2, 0.25) is 0 Å². The van der Waals surface area contributed by atoms with Crippen molar-refractivity contribution in [3.63, 3.8) is 0 Å². The molecule has 1 atom stereocenters. The van der Waals surface area contributed by atoms with Crippen molar-refractivity contribution in [3.8, 4) is 0 Å². The molecule has 0 spiro atoms. The van der Waals surface area contributed by atoms with Crippen LogP contribution in [0.15, 0.2) is 0 Å². The Morgan fingerprint density at radius 3 is 2.28 bits per heavy atom. The Kier molecular flexibility index (Phi) is 4.54. The Morgan fingerprint density at radius 1 is 1.33 bits per heavy atom. The highest BCUT2D eigenvalue weighted by molar-refractivity contribution is 7.98. The van der Waals surface area contributed by atoms with Crippen molar-refractivity contribution in [2.24, 2.45) is 5.41 Å². The first kappa shape index (κ1) is 15.2. The summed E-state index contributed by atoms with van der Waals surface area (Å²) < 4.78 is 4.81. The van der Waals surface area contributed by atoms with Gasteiger partial charge in [0.05, 0.1) is 7.11 Å². The van der Waals surface area contributed by atoms with Gasteiger partial charge in [-0.2, -0.15) is 11.8 Å². The number of nitrogens with one attached hydrogen (secondary N) is 1. The Balaban J connectivity index is 3.33. The number of H-pyrrole nitrogens is 1. The van der Waals surface area contributed by atoms with E-state index in [1.54, 1.807) is 0 Å². The van der Waals surface area contributed by atoms with E-state index in [-0.39, 0.29) is 11.4 Å². The molecule has 0 aromatic carbocycles. The number of rotatable bonds is 3. The first-order valence-electron chi connectivity index (χ1n) is 6.04. The van der Waals surface area contributed by atoms with Gasteiger partial charge in [-0.25, -0.2) is 4.79 Å². The highest BCUT2D eigenvalue weighted by Gasteiger charge is 2.31. The van der Waals surface area contributed by atoms with Crippen molar-refractivity contribution in [1.82, 2.24) is 4.98 Å². The number of ether oxygens (including phenoxy) is 1. The average Bonchev–Trinajstić information content (AvgIpc) is 2.55. The summed E-state index contributed by atoms with van der Waals surface area (Å²) >= 11 is 1.82. The Labute approximate surface area is 114 Å². The molecule has 1 aromatic rings. The van der Waals surface area contributed by atoms with E-state index in [1.807, 2.05) is 25.6 Å². The van der Waals surface area contributed by atoms with Crippen LogP contribution in [0, 0.1) is 19.3 Å². The summed E-state index contributed by atoms with van der Waals surface area (Å²) in [6.07, 6.45) is 2.11. The Hall–Kier alpha value is -0.900. The highest BCUT2D eigenvalue weighted by atomic mass is 32.2. The fourth-order valence-electron chi connectivity index (χ4n) is 2.37. The van der Waals surface area contributed by atoms with Crippen LogP contribution in [0.25, 0.3) is 0 Å². The zero-order valence-corrected chi connectivity index (χ0v) is 13.1. The van der Waals surface area contributed by atoms with Crippen molar-refractivity contribution in [2.75, 3.05) is 13.4 Å². The van der Waals surface area contributed by atoms with Crippen LogP contribution in [-0.2, 0) is 4.74 Å². The number of esters is 1. The molecule has 1 N–H and O–H groups in total. The van der Waals surface area contributed by atoms with Gasteiger partial charge in [0.25, 0.3) is 0 Å². The monoisotopic (exact) mass is 269 g/mol. The van der Waals surface area contributed by atoms with Crippen molar-refractivity contribution in [3.05, 3.63) is 22.5 Å². The lowest BCUT2D eigenvalue weighted by molar-refractivity contribution is 0.0593. The largest absolute Gasteiger partial charge is 0.464 e. The molecular formula is C14H23NO2S. The molecule has 0 radical (unpaired) electrons. The van der Waals surface area contributed by atoms with Gasteiger partial charge in [-0.3, -0.25) is 0 Å². The molecule has 1 aromatic heterocycles. The zero-order valence-electron chi connectivity index (χ0n) is 12.3. The molecule has 0 saturated heterocycles. The predicted octanol–water partition coefficient (Wildman–Crippen LogP) is 3.87. The topological polar surface area (TPSA) is 42.1 Å². The first-order valence-corrected chi connectivity index (χ1v) is 7.33. The van der Waals surface area contributed by atoms with E-state index in [1.165, 1.54) is 12.7 Å². The van der Waals surface area contributed by atoms with Crippen LogP contribution in [0.1, 0.15) is 53.3 Å². The summed E-state index contributed by atoms with van der Waals surface area (Å²) in [5.41, 5.74) is 4.02. The molecule has 4 heteroatoms. The van der Waals surface area contributed by atoms with Crippen molar-refractivity contribution < 1.29 is 9.53 Å². The number of aromatic amines is 1. The van der Waals surface area contributed by atoms with Gasteiger partial charge in [0.2, 0.25) is 0 Å². The van der Waals surface area contributed by atoms with E-state index in [2.05, 4.69) is 32.0 Å². The second-order valence-corrected chi connectivity index (χ2v) is 6.58. The molecule has 0 saturated carbocycles. The summed E-state index contributed by atoms with van der Waals surface area (Å²) in [6, 6.07) is 0. The Bertz CT molecular complexity index is 443. The molecular weight excluding hydrogens is 246 g/mol. The maximum Gasteiger partial charge on any atom is 0.354 e. The quantitative estimate of drug-likeness (QED) is 0.847. The third-order valence-electron chi connectivity index (χ3n) is 3.17. The number of methoxy groups -OCH3 is 1. The van der Waals surface area contributed by atoms with E-state index in [0.29, 0.717) is 10.9 Å². The zero-order chi connectivity index (χ0) is 14.1. The van der Waals surface area contributed by atoms with Gasteiger partial charge < -0.3 is 9.72 Å². The van der Waals surface area contributed by atoms with Crippen molar-refractivity contribution >= 4 is 17.7 Å². The second-order valence-electron chi connectivity index (χ2n) is 5.64. The summed E-state index contributed by atoms with van der Waals surface area (Å²) in [5, 5.41) is 0.354. The minimum absolute atomic E-state index is 0.143. The number of carbonyl (C=O) groups is 1. The molecule has 18 heavy (non-hydrogen) atoms. The van der Waals surface area contributed by atoms with Crippen LogP contribution in [0.4, 0.5) is 0 Å². The lowest BCUT2D eigenvalue weighted by Crippen LogP contribution is -2.16. The van der Waals surface area contributed by atoms with E-state index in [9.17, 15) is 4.79 Å². The molecule has 0 unspecified atom stereocenters. The number of hydrogen-bond acceptors (Lipinski definition) is 3. The molecule has 0 amide bonds. The van der Waals surface area contributed by atoms with Gasteiger partial charge in [0, 0.05) is 10.9 Å². The SMILES string of the molecule is COC(=O)c1[nH]c(C)c([C@H](SC)C(C)(C)C)c1C. The smallest absolute Gasteiger partial charge is 0.354 e. The number of aromatic nitrogens is 1. The lowest BCUT2D eigenvalue weighted by Gasteiger charge is -2.30. The fourth-order valence-corrected chi connectivity index (χ4v) is 3.66. The maximum absolute atomic E-state index is 11.7. The van der Waals surface area contributed by atoms with Crippen molar-refractivity contribution in [1.29, 1.82) is 0 Å². The van der Waals surface area contributed by atoms with E-state index < -0.39 is 0 Å². The molecule has 3 nitrogen and oxygen atoms in total. The first-order chi connectivity index (χ1) is 8.23. The number of hydrogen-bond donors (Lipinski definition) is 1. The summed E-state index contributed by atoms with van der Waals surface area (Å²) in [6.45, 7) is 10.7. The summed E-state index contributed by atoms with van der Waals surface area (Å²) in [7, 11) is 1.41. The number of thioether (sulfide) groups is 1. The third kappa shape index (κ3) is 2.74. The van der Waals surface area contributed by atoms with Crippen LogP contribution < -0.4 is 0 Å². The van der Waals surface area contributed by atoms with Crippen LogP contribution in [0.5, 0.6) is 0 Å². The highest BCUT2D eigenvalue weighted by Crippen LogP contribution is 2.45. The second kappa shape index (κ2) is 5.39. The molecule has 0 fully saturated rings. The fraction of sp³-hybridized carbons (Fsp3) is 0.643. The molecule has 102 valence electrons. The molecule has 0 bridgehead atoms. The van der Waals surface area contributed by atoms with Crippen LogP contribution in [0.3, 0.4) is 0 Å². The van der Waals surface area contributed by atoms with Gasteiger partial charge in [-0.15, -0.1) is 0 Å². The Morgan fingerprint density at radius 2 is 1.89 bits per heavy atom. The van der Waals surface area contributed by atoms with E-state index in [0.717, 1.165) is 11.3 Å². The lowest BCUT2D eigenvalue weighted by atomic mass is 9.86. The van der Waals surface area contributed by atoms with Crippen molar-refractivity contribution in [2.45, 2.75) is 39.9 Å². The minimum Gasteiger partial charge on any atom is -0.464 e. The molecule has 0 aliphatic rings. The number of aryl methyl sites for hydroxylation is 1. The van der Waals surface area contributed by atoms with Gasteiger partial charge in [-0.1, -0.05) is 20.8 Å². The van der Waals surface area contributed by atoms with Gasteiger partial charge in [-0.05, 0) is 36.6 Å².